The largest absolute Gasteiger partial charge is 0.477 e. The molecule has 1 saturated carbocycles. The van der Waals surface area contributed by atoms with Gasteiger partial charge in [-0.25, -0.2) is 14.2 Å². The van der Waals surface area contributed by atoms with E-state index in [1.165, 1.54) is 25.3 Å². The van der Waals surface area contributed by atoms with Gasteiger partial charge >= 0.3 is 5.97 Å². The Morgan fingerprint density at radius 3 is 2.31 bits per heavy atom. The summed E-state index contributed by atoms with van der Waals surface area (Å²) in [5.74, 6) is -0.532. The summed E-state index contributed by atoms with van der Waals surface area (Å²) < 4.78 is 21.6. The van der Waals surface area contributed by atoms with Crippen LogP contribution in [0, 0.1) is 12.3 Å². The highest BCUT2D eigenvalue weighted by Crippen LogP contribution is 2.47. The minimum absolute atomic E-state index is 0.126. The van der Waals surface area contributed by atoms with Crippen LogP contribution in [0.15, 0.2) is 16.5 Å². The van der Waals surface area contributed by atoms with Crippen LogP contribution in [0.2, 0.25) is 0 Å². The molecule has 1 aliphatic rings. The zero-order valence-electron chi connectivity index (χ0n) is 15.7. The van der Waals surface area contributed by atoms with Gasteiger partial charge in [-0.15, -0.1) is 0 Å². The molecule has 2 heterocycles. The Morgan fingerprint density at radius 2 is 1.73 bits per heavy atom. The first kappa shape index (κ1) is 18.9. The van der Waals surface area contributed by atoms with Crippen LogP contribution in [-0.4, -0.2) is 16.1 Å². The molecule has 1 unspecified atom stereocenters. The second-order valence-corrected chi connectivity index (χ2v) is 7.96. The summed E-state index contributed by atoms with van der Waals surface area (Å²) >= 11 is 0. The summed E-state index contributed by atoms with van der Waals surface area (Å²) in [6, 6.07) is 3.04. The zero-order valence-corrected chi connectivity index (χ0v) is 15.7. The summed E-state index contributed by atoms with van der Waals surface area (Å²) in [4.78, 5) is 15.6. The molecule has 142 valence electrons. The van der Waals surface area contributed by atoms with E-state index in [2.05, 4.69) is 4.98 Å². The maximum absolute atomic E-state index is 15.9. The van der Waals surface area contributed by atoms with Crippen LogP contribution in [0.1, 0.15) is 92.7 Å². The number of aromatic carboxylic acids is 1. The summed E-state index contributed by atoms with van der Waals surface area (Å²) in [6.45, 7) is 3.77. The van der Waals surface area contributed by atoms with Crippen molar-refractivity contribution < 1.29 is 18.7 Å². The van der Waals surface area contributed by atoms with E-state index in [9.17, 15) is 9.90 Å². The van der Waals surface area contributed by atoms with Gasteiger partial charge in [0.2, 0.25) is 0 Å². The van der Waals surface area contributed by atoms with Crippen LogP contribution in [0.3, 0.4) is 0 Å². The lowest BCUT2D eigenvalue weighted by molar-refractivity contribution is 0.0689. The molecular weight excluding hydrogens is 333 g/mol. The molecule has 3 rings (SSSR count). The number of fused-ring (bicyclic) bond motifs is 1. The monoisotopic (exact) mass is 361 g/mol. The summed E-state index contributed by atoms with van der Waals surface area (Å²) in [5.41, 5.74) is 0.503. The van der Waals surface area contributed by atoms with Crippen molar-refractivity contribution in [2.45, 2.75) is 77.8 Å². The minimum Gasteiger partial charge on any atom is -0.477 e. The Morgan fingerprint density at radius 1 is 1.15 bits per heavy atom. The van der Waals surface area contributed by atoms with Crippen molar-refractivity contribution in [2.75, 3.05) is 0 Å². The van der Waals surface area contributed by atoms with E-state index in [1.54, 1.807) is 13.0 Å². The van der Waals surface area contributed by atoms with Crippen LogP contribution in [-0.2, 0) is 0 Å². The molecule has 1 fully saturated rings. The number of pyridine rings is 1. The number of halogens is 1. The van der Waals surface area contributed by atoms with Gasteiger partial charge in [0.25, 0.3) is 0 Å². The van der Waals surface area contributed by atoms with E-state index in [1.807, 2.05) is 6.92 Å². The molecule has 2 aromatic heterocycles. The number of furan rings is 1. The Balaban J connectivity index is 2.00. The van der Waals surface area contributed by atoms with Gasteiger partial charge in [-0.05, 0) is 25.8 Å². The van der Waals surface area contributed by atoms with E-state index >= 15 is 4.39 Å². The van der Waals surface area contributed by atoms with Crippen molar-refractivity contribution in [3.05, 3.63) is 29.2 Å². The van der Waals surface area contributed by atoms with Crippen molar-refractivity contribution in [3.63, 3.8) is 0 Å². The molecule has 0 spiro atoms. The number of carboxylic acids is 1. The van der Waals surface area contributed by atoms with Gasteiger partial charge in [0.1, 0.15) is 23.1 Å². The van der Waals surface area contributed by atoms with E-state index < -0.39 is 17.6 Å². The summed E-state index contributed by atoms with van der Waals surface area (Å²) in [5, 5.41) is 9.37. The van der Waals surface area contributed by atoms with Crippen molar-refractivity contribution >= 4 is 17.1 Å². The van der Waals surface area contributed by atoms with E-state index in [0.717, 1.165) is 38.5 Å². The van der Waals surface area contributed by atoms with Crippen LogP contribution < -0.4 is 0 Å². The molecule has 1 aliphatic carbocycles. The lowest BCUT2D eigenvalue weighted by Gasteiger charge is -2.34. The Labute approximate surface area is 153 Å². The molecule has 2 aromatic rings. The summed E-state index contributed by atoms with van der Waals surface area (Å²) in [6.07, 6.45) is 8.33. The summed E-state index contributed by atoms with van der Waals surface area (Å²) in [7, 11) is 0. The standard InChI is InChI=1S/C21H28FNO3/c1-14-12-16-18(26-14)15(13-17(23-16)20(24)25)19(22)21(2)10-8-6-4-3-5-7-9-11-21/h12-13,19H,3-11H2,1-2H3,(H,24,25). The van der Waals surface area contributed by atoms with Gasteiger partial charge in [0.05, 0.1) is 0 Å². The Hall–Kier alpha value is -1.91. The van der Waals surface area contributed by atoms with E-state index in [4.69, 9.17) is 4.42 Å². The van der Waals surface area contributed by atoms with E-state index in [0.29, 0.717) is 22.4 Å². The van der Waals surface area contributed by atoms with Gasteiger partial charge in [0, 0.05) is 17.0 Å². The molecule has 1 atom stereocenters. The molecule has 4 nitrogen and oxygen atoms in total. The Kier molecular flexibility index (Phi) is 5.64. The predicted octanol–water partition coefficient (Wildman–Crippen LogP) is 6.38. The normalized spacial score (nSPS) is 20.0. The highest BCUT2D eigenvalue weighted by molar-refractivity contribution is 5.90. The fourth-order valence-corrected chi connectivity index (χ4v) is 4.16. The number of alkyl halides is 1. The minimum atomic E-state index is -1.27. The van der Waals surface area contributed by atoms with Crippen molar-refractivity contribution in [1.82, 2.24) is 4.98 Å². The van der Waals surface area contributed by atoms with Gasteiger partial charge in [0.15, 0.2) is 5.58 Å². The molecular formula is C21H28FNO3. The number of carboxylic acid groups (broad SMARTS) is 1. The number of nitrogens with zero attached hydrogens (tertiary/aromatic N) is 1. The van der Waals surface area contributed by atoms with Crippen molar-refractivity contribution in [2.24, 2.45) is 5.41 Å². The van der Waals surface area contributed by atoms with Crippen LogP contribution in [0.4, 0.5) is 4.39 Å². The van der Waals surface area contributed by atoms with Gasteiger partial charge in [-0.2, -0.15) is 0 Å². The van der Waals surface area contributed by atoms with Crippen LogP contribution >= 0.6 is 0 Å². The third-order valence-electron chi connectivity index (χ3n) is 5.73. The SMILES string of the molecule is Cc1cc2nc(C(=O)O)cc(C(F)C3(C)CCCCCCCCC3)c2o1. The number of rotatable bonds is 3. The lowest BCUT2D eigenvalue weighted by atomic mass is 9.73. The predicted molar refractivity (Wildman–Crippen MR) is 99.2 cm³/mol. The molecule has 26 heavy (non-hydrogen) atoms. The molecule has 0 radical (unpaired) electrons. The highest BCUT2D eigenvalue weighted by atomic mass is 19.1. The maximum atomic E-state index is 15.9. The second-order valence-electron chi connectivity index (χ2n) is 7.96. The fraction of sp³-hybridized carbons (Fsp3) is 0.619. The average Bonchev–Trinajstić information content (AvgIpc) is 2.99. The Bertz CT molecular complexity index is 773. The van der Waals surface area contributed by atoms with Crippen molar-refractivity contribution in [1.29, 1.82) is 0 Å². The third kappa shape index (κ3) is 3.92. The quantitative estimate of drug-likeness (QED) is 0.689. The number of aromatic nitrogens is 1. The van der Waals surface area contributed by atoms with Crippen LogP contribution in [0.5, 0.6) is 0 Å². The smallest absolute Gasteiger partial charge is 0.354 e. The first-order valence-corrected chi connectivity index (χ1v) is 9.69. The molecule has 5 heteroatoms. The first-order valence-electron chi connectivity index (χ1n) is 9.69. The number of carbonyl (C=O) groups is 1. The lowest BCUT2D eigenvalue weighted by Crippen LogP contribution is -2.24. The zero-order chi connectivity index (χ0) is 18.7. The molecule has 0 aromatic carbocycles. The molecule has 0 saturated heterocycles. The highest BCUT2D eigenvalue weighted by Gasteiger charge is 2.37. The fourth-order valence-electron chi connectivity index (χ4n) is 4.16. The number of hydrogen-bond acceptors (Lipinski definition) is 3. The van der Waals surface area contributed by atoms with Gasteiger partial charge in [-0.3, -0.25) is 0 Å². The van der Waals surface area contributed by atoms with E-state index in [-0.39, 0.29) is 5.69 Å². The molecule has 0 bridgehead atoms. The van der Waals surface area contributed by atoms with Crippen molar-refractivity contribution in [3.8, 4) is 0 Å². The second kappa shape index (κ2) is 7.77. The third-order valence-corrected chi connectivity index (χ3v) is 5.73. The molecule has 0 aliphatic heterocycles. The van der Waals surface area contributed by atoms with Gasteiger partial charge < -0.3 is 9.52 Å². The van der Waals surface area contributed by atoms with Crippen LogP contribution in [0.25, 0.3) is 11.1 Å². The number of hydrogen-bond donors (Lipinski definition) is 1. The maximum Gasteiger partial charge on any atom is 0.354 e. The molecule has 0 amide bonds. The average molecular weight is 361 g/mol. The number of aryl methyl sites for hydroxylation is 1. The first-order chi connectivity index (χ1) is 12.4. The van der Waals surface area contributed by atoms with Gasteiger partial charge in [-0.1, -0.05) is 51.9 Å². The topological polar surface area (TPSA) is 63.3 Å². The molecule has 1 N–H and O–H groups in total.